The number of aryl methyl sites for hydroxylation is 3. The van der Waals surface area contributed by atoms with Crippen molar-refractivity contribution in [2.45, 2.75) is 39.5 Å². The standard InChI is InChI=1S/C24H25N3O4/c1-15-9-11-19(12-10-15)23(18-7-5-4-6-8-18)30-14-20(28)13-27-24(29)22-21(16(2)25-27)17(3)31-26-22/h4-12,20,23,28H,13-14H2,1-3H3/t20-,23-/m1/s1. The summed E-state index contributed by atoms with van der Waals surface area (Å²) in [6.45, 7) is 5.60. The first-order chi connectivity index (χ1) is 14.9. The molecule has 7 heteroatoms. The van der Waals surface area contributed by atoms with E-state index in [0.29, 0.717) is 16.8 Å². The molecular formula is C24H25N3O4. The lowest BCUT2D eigenvalue weighted by Gasteiger charge is -2.21. The molecule has 0 fully saturated rings. The molecule has 7 nitrogen and oxygen atoms in total. The maximum atomic E-state index is 12.7. The van der Waals surface area contributed by atoms with Crippen molar-refractivity contribution in [1.29, 1.82) is 0 Å². The normalized spacial score (nSPS) is 13.4. The highest BCUT2D eigenvalue weighted by Crippen LogP contribution is 2.26. The van der Waals surface area contributed by atoms with Crippen molar-refractivity contribution in [1.82, 2.24) is 14.9 Å². The Morgan fingerprint density at radius 1 is 1.03 bits per heavy atom. The van der Waals surface area contributed by atoms with Gasteiger partial charge in [0.25, 0.3) is 5.56 Å². The van der Waals surface area contributed by atoms with E-state index in [0.717, 1.165) is 16.7 Å². The molecule has 160 valence electrons. The quantitative estimate of drug-likeness (QED) is 0.493. The summed E-state index contributed by atoms with van der Waals surface area (Å²) in [6, 6.07) is 18.0. The molecule has 2 aromatic carbocycles. The Morgan fingerprint density at radius 2 is 1.71 bits per heavy atom. The van der Waals surface area contributed by atoms with Crippen LogP contribution in [0, 0.1) is 20.8 Å². The topological polar surface area (TPSA) is 90.4 Å². The molecule has 0 bridgehead atoms. The van der Waals surface area contributed by atoms with Crippen molar-refractivity contribution < 1.29 is 14.4 Å². The molecule has 4 aromatic rings. The van der Waals surface area contributed by atoms with Crippen LogP contribution < -0.4 is 5.56 Å². The Bertz CT molecular complexity index is 1230. The Balaban J connectivity index is 1.53. The molecule has 4 rings (SSSR count). The summed E-state index contributed by atoms with van der Waals surface area (Å²) in [4.78, 5) is 12.7. The Labute approximate surface area is 179 Å². The molecule has 0 saturated heterocycles. The predicted molar refractivity (Wildman–Crippen MR) is 117 cm³/mol. The van der Waals surface area contributed by atoms with Gasteiger partial charge in [-0.05, 0) is 31.9 Å². The lowest BCUT2D eigenvalue weighted by molar-refractivity contribution is -0.00243. The second-order valence-corrected chi connectivity index (χ2v) is 7.72. The van der Waals surface area contributed by atoms with E-state index in [1.807, 2.05) is 61.5 Å². The van der Waals surface area contributed by atoms with Crippen molar-refractivity contribution in [3.8, 4) is 0 Å². The molecule has 0 saturated carbocycles. The van der Waals surface area contributed by atoms with Gasteiger partial charge in [-0.25, -0.2) is 4.68 Å². The van der Waals surface area contributed by atoms with Crippen LogP contribution in [0.4, 0.5) is 0 Å². The largest absolute Gasteiger partial charge is 0.389 e. The molecule has 0 unspecified atom stereocenters. The van der Waals surface area contributed by atoms with Gasteiger partial charge in [0.1, 0.15) is 11.9 Å². The molecule has 1 N–H and O–H groups in total. The molecule has 2 aromatic heterocycles. The fourth-order valence-electron chi connectivity index (χ4n) is 3.68. The number of hydrogen-bond acceptors (Lipinski definition) is 6. The number of hydrogen-bond donors (Lipinski definition) is 1. The Kier molecular flexibility index (Phi) is 5.97. The van der Waals surface area contributed by atoms with Crippen molar-refractivity contribution in [2.24, 2.45) is 0 Å². The van der Waals surface area contributed by atoms with Crippen molar-refractivity contribution in [2.75, 3.05) is 6.61 Å². The van der Waals surface area contributed by atoms with Gasteiger partial charge in [0.2, 0.25) is 0 Å². The van der Waals surface area contributed by atoms with Crippen LogP contribution in [0.1, 0.15) is 34.2 Å². The monoisotopic (exact) mass is 419 g/mol. The maximum absolute atomic E-state index is 12.7. The van der Waals surface area contributed by atoms with Crippen LogP contribution in [-0.2, 0) is 11.3 Å². The predicted octanol–water partition coefficient (Wildman–Crippen LogP) is 3.48. The van der Waals surface area contributed by atoms with E-state index in [4.69, 9.17) is 9.26 Å². The third kappa shape index (κ3) is 4.42. The van der Waals surface area contributed by atoms with Gasteiger partial charge in [-0.1, -0.05) is 65.3 Å². The van der Waals surface area contributed by atoms with Crippen molar-refractivity contribution in [3.63, 3.8) is 0 Å². The Morgan fingerprint density at radius 3 is 2.42 bits per heavy atom. The van der Waals surface area contributed by atoms with Gasteiger partial charge in [0.15, 0.2) is 5.52 Å². The highest BCUT2D eigenvalue weighted by molar-refractivity contribution is 5.81. The summed E-state index contributed by atoms with van der Waals surface area (Å²) in [5.74, 6) is 0.553. The first-order valence-electron chi connectivity index (χ1n) is 10.2. The number of nitrogens with zero attached hydrogens (tertiary/aromatic N) is 3. The summed E-state index contributed by atoms with van der Waals surface area (Å²) >= 11 is 0. The van der Waals surface area contributed by atoms with Gasteiger partial charge in [0, 0.05) is 0 Å². The van der Waals surface area contributed by atoms with Crippen LogP contribution in [-0.4, -0.2) is 32.8 Å². The number of aromatic nitrogens is 3. The molecule has 2 heterocycles. The van der Waals surface area contributed by atoms with Gasteiger partial charge in [-0.2, -0.15) is 5.10 Å². The van der Waals surface area contributed by atoms with E-state index in [-0.39, 0.29) is 24.8 Å². The van der Waals surface area contributed by atoms with Gasteiger partial charge < -0.3 is 14.4 Å². The minimum absolute atomic E-state index is 0.00305. The number of aliphatic hydroxyl groups excluding tert-OH is 1. The third-order valence-electron chi connectivity index (χ3n) is 5.25. The maximum Gasteiger partial charge on any atom is 0.296 e. The Hall–Kier alpha value is -3.29. The minimum atomic E-state index is -0.924. The second-order valence-electron chi connectivity index (χ2n) is 7.72. The summed E-state index contributed by atoms with van der Waals surface area (Å²) in [6.07, 6.45) is -1.25. The van der Waals surface area contributed by atoms with Crippen molar-refractivity contribution >= 4 is 10.9 Å². The second kappa shape index (κ2) is 8.83. The minimum Gasteiger partial charge on any atom is -0.389 e. The summed E-state index contributed by atoms with van der Waals surface area (Å²) in [5.41, 5.74) is 3.60. The fraction of sp³-hybridized carbons (Fsp3) is 0.292. The molecule has 31 heavy (non-hydrogen) atoms. The van der Waals surface area contributed by atoms with E-state index in [1.54, 1.807) is 13.8 Å². The van der Waals surface area contributed by atoms with Crippen LogP contribution >= 0.6 is 0 Å². The molecule has 0 radical (unpaired) electrons. The highest BCUT2D eigenvalue weighted by atomic mass is 16.5. The van der Waals surface area contributed by atoms with Crippen molar-refractivity contribution in [3.05, 3.63) is 93.1 Å². The SMILES string of the molecule is Cc1ccc([C@H](OC[C@H](O)Cn2nc(C)c3c(C)onc3c2=O)c2ccccc2)cc1. The average molecular weight is 419 g/mol. The van der Waals surface area contributed by atoms with Crippen LogP contribution in [0.3, 0.4) is 0 Å². The molecule has 0 spiro atoms. The van der Waals surface area contributed by atoms with E-state index >= 15 is 0 Å². The first kappa shape index (κ1) is 21.0. The van der Waals surface area contributed by atoms with E-state index in [1.165, 1.54) is 4.68 Å². The smallest absolute Gasteiger partial charge is 0.296 e. The molecule has 0 amide bonds. The first-order valence-corrected chi connectivity index (χ1v) is 10.2. The number of ether oxygens (including phenoxy) is 1. The zero-order chi connectivity index (χ0) is 22.0. The molecule has 2 atom stereocenters. The number of fused-ring (bicyclic) bond motifs is 1. The van der Waals surface area contributed by atoms with Crippen LogP contribution in [0.5, 0.6) is 0 Å². The van der Waals surface area contributed by atoms with E-state index < -0.39 is 11.7 Å². The average Bonchev–Trinajstić information content (AvgIpc) is 3.16. The molecule has 0 aliphatic carbocycles. The number of benzene rings is 2. The van der Waals surface area contributed by atoms with Gasteiger partial charge >= 0.3 is 0 Å². The lowest BCUT2D eigenvalue weighted by atomic mass is 10.0. The zero-order valence-electron chi connectivity index (χ0n) is 17.8. The highest BCUT2D eigenvalue weighted by Gasteiger charge is 2.20. The summed E-state index contributed by atoms with van der Waals surface area (Å²) in [5, 5.41) is 19.4. The van der Waals surface area contributed by atoms with Gasteiger partial charge in [-0.15, -0.1) is 0 Å². The molecular weight excluding hydrogens is 394 g/mol. The van der Waals surface area contributed by atoms with Crippen LogP contribution in [0.15, 0.2) is 63.9 Å². The third-order valence-corrected chi connectivity index (χ3v) is 5.25. The summed E-state index contributed by atoms with van der Waals surface area (Å²) in [7, 11) is 0. The van der Waals surface area contributed by atoms with Crippen LogP contribution in [0.25, 0.3) is 10.9 Å². The van der Waals surface area contributed by atoms with Gasteiger partial charge in [0.05, 0.1) is 30.3 Å². The number of rotatable bonds is 7. The van der Waals surface area contributed by atoms with Crippen LogP contribution in [0.2, 0.25) is 0 Å². The lowest BCUT2D eigenvalue weighted by Crippen LogP contribution is -2.32. The van der Waals surface area contributed by atoms with E-state index in [2.05, 4.69) is 10.3 Å². The number of aliphatic hydroxyl groups is 1. The molecule has 0 aliphatic heterocycles. The fourth-order valence-corrected chi connectivity index (χ4v) is 3.68. The summed E-state index contributed by atoms with van der Waals surface area (Å²) < 4.78 is 12.5. The molecule has 0 aliphatic rings. The zero-order valence-corrected chi connectivity index (χ0v) is 17.8. The van der Waals surface area contributed by atoms with E-state index in [9.17, 15) is 9.90 Å². The van der Waals surface area contributed by atoms with Gasteiger partial charge in [-0.3, -0.25) is 4.79 Å².